The minimum Gasteiger partial charge on any atom is -0.379 e. The predicted octanol–water partition coefficient (Wildman–Crippen LogP) is 1.96. The van der Waals surface area contributed by atoms with E-state index in [1.165, 1.54) is 0 Å². The summed E-state index contributed by atoms with van der Waals surface area (Å²) in [7, 11) is 0. The van der Waals surface area contributed by atoms with Crippen LogP contribution < -0.4 is 5.32 Å². The molecule has 1 heterocycles. The molecule has 114 valence electrons. The summed E-state index contributed by atoms with van der Waals surface area (Å²) < 4.78 is 5.42. The number of morpholine rings is 1. The molecular formula is C16H28N2O2. The Morgan fingerprint density at radius 1 is 1.45 bits per heavy atom. The van der Waals surface area contributed by atoms with E-state index in [4.69, 9.17) is 4.74 Å². The van der Waals surface area contributed by atoms with E-state index >= 15 is 0 Å². The van der Waals surface area contributed by atoms with Crippen molar-refractivity contribution in [3.05, 3.63) is 12.2 Å². The molecule has 1 fully saturated rings. The van der Waals surface area contributed by atoms with Gasteiger partial charge in [-0.1, -0.05) is 19.1 Å². The highest BCUT2D eigenvalue weighted by Crippen LogP contribution is 2.22. The fourth-order valence-electron chi connectivity index (χ4n) is 3.03. The van der Waals surface area contributed by atoms with Crippen molar-refractivity contribution < 1.29 is 9.53 Å². The molecule has 0 saturated carbocycles. The molecule has 0 unspecified atom stereocenters. The Hall–Kier alpha value is -0.870. The first-order valence-corrected chi connectivity index (χ1v) is 7.90. The maximum atomic E-state index is 12.1. The predicted molar refractivity (Wildman–Crippen MR) is 80.6 cm³/mol. The smallest absolute Gasteiger partial charge is 0.220 e. The van der Waals surface area contributed by atoms with Gasteiger partial charge in [-0.05, 0) is 32.1 Å². The normalized spacial score (nSPS) is 26.4. The van der Waals surface area contributed by atoms with E-state index in [0.29, 0.717) is 12.3 Å². The molecule has 1 amide bonds. The molecule has 2 atom stereocenters. The number of amides is 1. The Morgan fingerprint density at radius 3 is 2.80 bits per heavy atom. The van der Waals surface area contributed by atoms with Crippen molar-refractivity contribution in [2.24, 2.45) is 5.92 Å². The van der Waals surface area contributed by atoms with Crippen molar-refractivity contribution in [3.8, 4) is 0 Å². The molecule has 1 N–H and O–H groups in total. The molecule has 0 spiro atoms. The Kier molecular flexibility index (Phi) is 5.61. The summed E-state index contributed by atoms with van der Waals surface area (Å²) in [5.41, 5.74) is 0.0466. The standard InChI is InChI=1S/C16H28N2O2/c1-3-16(2,18-8-10-20-11-9-18)13-17-15(19)12-14-6-4-5-7-14/h4,6,14H,3,5,7-13H2,1-2H3,(H,17,19)/t14-,16-/m0/s1. The maximum Gasteiger partial charge on any atom is 0.220 e. The molecular weight excluding hydrogens is 252 g/mol. The third-order valence-electron chi connectivity index (χ3n) is 4.76. The van der Waals surface area contributed by atoms with Crippen molar-refractivity contribution in [1.29, 1.82) is 0 Å². The first-order valence-electron chi connectivity index (χ1n) is 7.90. The number of nitrogens with one attached hydrogen (secondary N) is 1. The number of carbonyl (C=O) groups is 1. The van der Waals surface area contributed by atoms with E-state index in [0.717, 1.165) is 52.1 Å². The molecule has 1 saturated heterocycles. The molecule has 4 heteroatoms. The average Bonchev–Trinajstić information content (AvgIpc) is 2.98. The van der Waals surface area contributed by atoms with Crippen molar-refractivity contribution in [2.45, 2.75) is 45.1 Å². The molecule has 0 aromatic rings. The lowest BCUT2D eigenvalue weighted by atomic mass is 9.95. The summed E-state index contributed by atoms with van der Waals surface area (Å²) in [5.74, 6) is 0.640. The molecule has 0 aromatic carbocycles. The quantitative estimate of drug-likeness (QED) is 0.756. The van der Waals surface area contributed by atoms with Crippen molar-refractivity contribution in [2.75, 3.05) is 32.8 Å². The molecule has 4 nitrogen and oxygen atoms in total. The van der Waals surface area contributed by atoms with Gasteiger partial charge in [0.25, 0.3) is 0 Å². The number of hydrogen-bond donors (Lipinski definition) is 1. The molecule has 2 aliphatic rings. The Labute approximate surface area is 122 Å². The summed E-state index contributed by atoms with van der Waals surface area (Å²) in [6, 6.07) is 0. The van der Waals surface area contributed by atoms with Gasteiger partial charge in [-0.25, -0.2) is 0 Å². The van der Waals surface area contributed by atoms with E-state index in [2.05, 4.69) is 36.2 Å². The fraction of sp³-hybridized carbons (Fsp3) is 0.812. The van der Waals surface area contributed by atoms with Gasteiger partial charge in [0.2, 0.25) is 5.91 Å². The van der Waals surface area contributed by atoms with Crippen LogP contribution in [0.1, 0.15) is 39.5 Å². The van der Waals surface area contributed by atoms with Crippen LogP contribution in [0.4, 0.5) is 0 Å². The zero-order chi connectivity index (χ0) is 14.4. The number of rotatable bonds is 6. The molecule has 0 bridgehead atoms. The lowest BCUT2D eigenvalue weighted by Gasteiger charge is -2.43. The Bertz CT molecular complexity index is 350. The Morgan fingerprint density at radius 2 is 2.20 bits per heavy atom. The van der Waals surface area contributed by atoms with E-state index in [1.807, 2.05) is 0 Å². The summed E-state index contributed by atoms with van der Waals surface area (Å²) in [6.07, 6.45) is 8.29. The van der Waals surface area contributed by atoms with Gasteiger partial charge in [-0.2, -0.15) is 0 Å². The van der Waals surface area contributed by atoms with Crippen LogP contribution >= 0.6 is 0 Å². The highest BCUT2D eigenvalue weighted by Gasteiger charge is 2.31. The zero-order valence-electron chi connectivity index (χ0n) is 12.9. The number of nitrogens with zero attached hydrogens (tertiary/aromatic N) is 1. The van der Waals surface area contributed by atoms with Gasteiger partial charge in [-0.3, -0.25) is 9.69 Å². The second-order valence-corrected chi connectivity index (χ2v) is 6.20. The first kappa shape index (κ1) is 15.5. The highest BCUT2D eigenvalue weighted by molar-refractivity contribution is 5.76. The second-order valence-electron chi connectivity index (χ2n) is 6.20. The topological polar surface area (TPSA) is 41.6 Å². The lowest BCUT2D eigenvalue weighted by Crippen LogP contribution is -2.56. The van der Waals surface area contributed by atoms with Gasteiger partial charge in [-0.15, -0.1) is 0 Å². The number of allylic oxidation sites excluding steroid dienone is 2. The fourth-order valence-corrected chi connectivity index (χ4v) is 3.03. The van der Waals surface area contributed by atoms with Gasteiger partial charge < -0.3 is 10.1 Å². The molecule has 0 aromatic heterocycles. The van der Waals surface area contributed by atoms with Gasteiger partial charge >= 0.3 is 0 Å². The first-order chi connectivity index (χ1) is 9.64. The van der Waals surface area contributed by atoms with Crippen molar-refractivity contribution >= 4 is 5.91 Å². The number of carbonyl (C=O) groups excluding carboxylic acids is 1. The minimum absolute atomic E-state index is 0.0466. The molecule has 1 aliphatic heterocycles. The highest BCUT2D eigenvalue weighted by atomic mass is 16.5. The van der Waals surface area contributed by atoms with E-state index in [9.17, 15) is 4.79 Å². The third-order valence-corrected chi connectivity index (χ3v) is 4.76. The second kappa shape index (κ2) is 7.23. The maximum absolute atomic E-state index is 12.1. The minimum atomic E-state index is 0.0466. The van der Waals surface area contributed by atoms with Gasteiger partial charge in [0.05, 0.1) is 13.2 Å². The van der Waals surface area contributed by atoms with Crippen LogP contribution in [-0.2, 0) is 9.53 Å². The van der Waals surface area contributed by atoms with Gasteiger partial charge in [0.1, 0.15) is 0 Å². The van der Waals surface area contributed by atoms with E-state index < -0.39 is 0 Å². The van der Waals surface area contributed by atoms with Crippen molar-refractivity contribution in [3.63, 3.8) is 0 Å². The summed E-state index contributed by atoms with van der Waals surface area (Å²) in [4.78, 5) is 14.5. The van der Waals surface area contributed by atoms with E-state index in [1.54, 1.807) is 0 Å². The van der Waals surface area contributed by atoms with E-state index in [-0.39, 0.29) is 11.4 Å². The van der Waals surface area contributed by atoms with Gasteiger partial charge in [0.15, 0.2) is 0 Å². The van der Waals surface area contributed by atoms with Crippen LogP contribution in [0.25, 0.3) is 0 Å². The van der Waals surface area contributed by atoms with Crippen LogP contribution in [0.2, 0.25) is 0 Å². The van der Waals surface area contributed by atoms with Crippen molar-refractivity contribution in [1.82, 2.24) is 10.2 Å². The molecule has 1 aliphatic carbocycles. The molecule has 2 rings (SSSR count). The molecule has 20 heavy (non-hydrogen) atoms. The van der Waals surface area contributed by atoms with Crippen LogP contribution in [0.5, 0.6) is 0 Å². The number of ether oxygens (including phenoxy) is 1. The SMILES string of the molecule is CC[C@@](C)(CNC(=O)C[C@H]1C=CCC1)N1CCOCC1. The average molecular weight is 280 g/mol. The van der Waals surface area contributed by atoms with Gasteiger partial charge in [0, 0.05) is 31.6 Å². The lowest BCUT2D eigenvalue weighted by molar-refractivity contribution is -0.122. The van der Waals surface area contributed by atoms with Crippen LogP contribution in [0.15, 0.2) is 12.2 Å². The molecule has 0 radical (unpaired) electrons. The summed E-state index contributed by atoms with van der Waals surface area (Å²) in [6.45, 7) is 8.71. The largest absolute Gasteiger partial charge is 0.379 e. The van der Waals surface area contributed by atoms with Crippen LogP contribution in [-0.4, -0.2) is 49.2 Å². The summed E-state index contributed by atoms with van der Waals surface area (Å²) in [5, 5.41) is 3.14. The number of hydrogen-bond acceptors (Lipinski definition) is 3. The third kappa shape index (κ3) is 4.06. The van der Waals surface area contributed by atoms with Crippen LogP contribution in [0.3, 0.4) is 0 Å². The summed E-state index contributed by atoms with van der Waals surface area (Å²) >= 11 is 0. The van der Waals surface area contributed by atoms with Crippen LogP contribution in [0, 0.1) is 5.92 Å². The Balaban J connectivity index is 1.79. The zero-order valence-corrected chi connectivity index (χ0v) is 12.9. The monoisotopic (exact) mass is 280 g/mol.